The Labute approximate surface area is 89.4 Å². The van der Waals surface area contributed by atoms with Crippen molar-refractivity contribution < 1.29 is 4.39 Å². The summed E-state index contributed by atoms with van der Waals surface area (Å²) in [5.41, 5.74) is 1.86. The molecule has 0 fully saturated rings. The van der Waals surface area contributed by atoms with Crippen molar-refractivity contribution >= 4 is 11.2 Å². The monoisotopic (exact) mass is 215 g/mol. The van der Waals surface area contributed by atoms with Crippen LogP contribution in [0.4, 0.5) is 4.39 Å². The topological polar surface area (TPSA) is 67.3 Å². The number of nitrogens with zero attached hydrogens (tertiary/aromatic N) is 4. The Kier molecular flexibility index (Phi) is 1.86. The Morgan fingerprint density at radius 3 is 2.81 bits per heavy atom. The molecule has 3 aromatic rings. The molecule has 0 aliphatic heterocycles. The summed E-state index contributed by atoms with van der Waals surface area (Å²) >= 11 is 0. The van der Waals surface area contributed by atoms with Crippen LogP contribution in [-0.4, -0.2) is 24.9 Å². The molecule has 0 spiro atoms. The first-order valence-electron chi connectivity index (χ1n) is 4.60. The van der Waals surface area contributed by atoms with Gasteiger partial charge in [0.25, 0.3) is 0 Å². The highest BCUT2D eigenvalue weighted by Gasteiger charge is 2.06. The number of aromatic nitrogens is 5. The Bertz CT molecular complexity index is 598. The van der Waals surface area contributed by atoms with Crippen LogP contribution in [0.15, 0.2) is 30.9 Å². The quantitative estimate of drug-likeness (QED) is 0.668. The van der Waals surface area contributed by atoms with Crippen molar-refractivity contribution in [1.29, 1.82) is 0 Å². The van der Waals surface area contributed by atoms with Gasteiger partial charge in [-0.2, -0.15) is 0 Å². The smallest absolute Gasteiger partial charge is 0.181 e. The molecule has 0 atom stereocenters. The number of rotatable bonds is 1. The van der Waals surface area contributed by atoms with Crippen LogP contribution in [0.2, 0.25) is 0 Å². The summed E-state index contributed by atoms with van der Waals surface area (Å²) in [6, 6.07) is 2.89. The van der Waals surface area contributed by atoms with Gasteiger partial charge in [0.1, 0.15) is 23.4 Å². The number of imidazole rings is 1. The van der Waals surface area contributed by atoms with Crippen molar-refractivity contribution in [2.45, 2.75) is 0 Å². The summed E-state index contributed by atoms with van der Waals surface area (Å²) in [6.07, 6.45) is 4.20. The molecule has 78 valence electrons. The molecule has 3 aromatic heterocycles. The van der Waals surface area contributed by atoms with E-state index in [1.54, 1.807) is 12.3 Å². The van der Waals surface area contributed by atoms with E-state index in [0.717, 1.165) is 11.7 Å². The first-order chi connectivity index (χ1) is 7.83. The van der Waals surface area contributed by atoms with E-state index in [2.05, 4.69) is 24.9 Å². The van der Waals surface area contributed by atoms with Gasteiger partial charge in [0.05, 0.1) is 12.4 Å². The minimum atomic E-state index is -0.375. The molecule has 0 aliphatic rings. The number of halogens is 1. The van der Waals surface area contributed by atoms with Crippen LogP contribution in [0.5, 0.6) is 0 Å². The standard InChI is InChI=1S/C10H6FN5/c11-6-1-2-7(13-3-6)10-15-8-4-12-5-14-9(8)16-10/h1-5H,(H,12,14,15,16). The molecular formula is C10H6FN5. The summed E-state index contributed by atoms with van der Waals surface area (Å²) < 4.78 is 12.7. The van der Waals surface area contributed by atoms with E-state index in [4.69, 9.17) is 0 Å². The third-order valence-electron chi connectivity index (χ3n) is 2.13. The second kappa shape index (κ2) is 3.34. The lowest BCUT2D eigenvalue weighted by atomic mass is 10.3. The number of fused-ring (bicyclic) bond motifs is 1. The molecule has 5 nitrogen and oxygen atoms in total. The van der Waals surface area contributed by atoms with Gasteiger partial charge in [0, 0.05) is 0 Å². The highest BCUT2D eigenvalue weighted by molar-refractivity contribution is 5.73. The van der Waals surface area contributed by atoms with Gasteiger partial charge in [0.2, 0.25) is 0 Å². The Hall–Kier alpha value is -2.37. The lowest BCUT2D eigenvalue weighted by molar-refractivity contribution is 0.621. The molecule has 3 heterocycles. The molecular weight excluding hydrogens is 209 g/mol. The first kappa shape index (κ1) is 8.90. The van der Waals surface area contributed by atoms with E-state index in [9.17, 15) is 4.39 Å². The van der Waals surface area contributed by atoms with Crippen molar-refractivity contribution in [3.8, 4) is 11.5 Å². The normalized spacial score (nSPS) is 10.8. The lowest BCUT2D eigenvalue weighted by Gasteiger charge is -1.93. The summed E-state index contributed by atoms with van der Waals surface area (Å²) in [4.78, 5) is 19.0. The van der Waals surface area contributed by atoms with Gasteiger partial charge in [-0.3, -0.25) is 0 Å². The zero-order valence-corrected chi connectivity index (χ0v) is 8.05. The van der Waals surface area contributed by atoms with E-state index in [0.29, 0.717) is 17.2 Å². The number of aromatic amines is 1. The third kappa shape index (κ3) is 1.40. The Morgan fingerprint density at radius 1 is 1.12 bits per heavy atom. The van der Waals surface area contributed by atoms with Crippen LogP contribution in [0.1, 0.15) is 0 Å². The van der Waals surface area contributed by atoms with Crippen LogP contribution in [0.25, 0.3) is 22.7 Å². The molecule has 0 saturated heterocycles. The van der Waals surface area contributed by atoms with Crippen molar-refractivity contribution in [2.75, 3.05) is 0 Å². The predicted octanol–water partition coefficient (Wildman–Crippen LogP) is 1.55. The second-order valence-corrected chi connectivity index (χ2v) is 3.21. The molecule has 6 heteroatoms. The molecule has 1 N–H and O–H groups in total. The molecule has 0 saturated carbocycles. The van der Waals surface area contributed by atoms with Crippen LogP contribution in [0.3, 0.4) is 0 Å². The molecule has 0 bridgehead atoms. The van der Waals surface area contributed by atoms with Crippen molar-refractivity contribution in [3.63, 3.8) is 0 Å². The zero-order chi connectivity index (χ0) is 11.0. The van der Waals surface area contributed by atoms with Gasteiger partial charge in [-0.05, 0) is 12.1 Å². The minimum Gasteiger partial charge on any atom is -0.334 e. The van der Waals surface area contributed by atoms with Crippen LogP contribution >= 0.6 is 0 Å². The maximum Gasteiger partial charge on any atom is 0.181 e. The number of hydrogen-bond donors (Lipinski definition) is 1. The van der Waals surface area contributed by atoms with Crippen molar-refractivity contribution in [2.24, 2.45) is 0 Å². The molecule has 16 heavy (non-hydrogen) atoms. The molecule has 3 rings (SSSR count). The van der Waals surface area contributed by atoms with Crippen LogP contribution < -0.4 is 0 Å². The van der Waals surface area contributed by atoms with Gasteiger partial charge in [0.15, 0.2) is 11.5 Å². The molecule has 0 amide bonds. The number of H-pyrrole nitrogens is 1. The average Bonchev–Trinajstić information content (AvgIpc) is 2.73. The maximum absolute atomic E-state index is 12.7. The van der Waals surface area contributed by atoms with E-state index in [1.807, 2.05) is 0 Å². The second-order valence-electron chi connectivity index (χ2n) is 3.21. The highest BCUT2D eigenvalue weighted by Crippen LogP contribution is 2.16. The average molecular weight is 215 g/mol. The fourth-order valence-electron chi connectivity index (χ4n) is 1.40. The van der Waals surface area contributed by atoms with Crippen LogP contribution in [0, 0.1) is 5.82 Å². The molecule has 0 unspecified atom stereocenters. The fraction of sp³-hybridized carbons (Fsp3) is 0. The summed E-state index contributed by atoms with van der Waals surface area (Å²) in [5.74, 6) is 0.176. The largest absolute Gasteiger partial charge is 0.334 e. The van der Waals surface area contributed by atoms with E-state index in [1.165, 1.54) is 12.4 Å². The summed E-state index contributed by atoms with van der Waals surface area (Å²) in [7, 11) is 0. The summed E-state index contributed by atoms with van der Waals surface area (Å²) in [5, 5.41) is 0. The third-order valence-corrected chi connectivity index (χ3v) is 2.13. The predicted molar refractivity (Wildman–Crippen MR) is 54.9 cm³/mol. The molecule has 0 aliphatic carbocycles. The van der Waals surface area contributed by atoms with E-state index < -0.39 is 0 Å². The van der Waals surface area contributed by atoms with Gasteiger partial charge >= 0.3 is 0 Å². The SMILES string of the molecule is Fc1ccc(-c2nc3ncncc3[nH]2)nc1. The summed E-state index contributed by atoms with van der Waals surface area (Å²) in [6.45, 7) is 0. The molecule has 0 aromatic carbocycles. The maximum atomic E-state index is 12.7. The van der Waals surface area contributed by atoms with Gasteiger partial charge in [-0.15, -0.1) is 0 Å². The highest BCUT2D eigenvalue weighted by atomic mass is 19.1. The Morgan fingerprint density at radius 2 is 2.06 bits per heavy atom. The van der Waals surface area contributed by atoms with Crippen molar-refractivity contribution in [3.05, 3.63) is 36.7 Å². The minimum absolute atomic E-state index is 0.375. The van der Waals surface area contributed by atoms with Crippen LogP contribution in [-0.2, 0) is 0 Å². The van der Waals surface area contributed by atoms with Crippen molar-refractivity contribution in [1.82, 2.24) is 24.9 Å². The zero-order valence-electron chi connectivity index (χ0n) is 8.05. The first-order valence-corrected chi connectivity index (χ1v) is 4.60. The van der Waals surface area contributed by atoms with E-state index >= 15 is 0 Å². The van der Waals surface area contributed by atoms with E-state index in [-0.39, 0.29) is 5.82 Å². The fourth-order valence-corrected chi connectivity index (χ4v) is 1.40. The van der Waals surface area contributed by atoms with Gasteiger partial charge < -0.3 is 4.98 Å². The number of pyridine rings is 1. The lowest BCUT2D eigenvalue weighted by Crippen LogP contribution is -1.86. The Balaban J connectivity index is 2.15. The molecule has 0 radical (unpaired) electrons. The number of nitrogens with one attached hydrogen (secondary N) is 1. The number of hydrogen-bond acceptors (Lipinski definition) is 4. The van der Waals surface area contributed by atoms with Gasteiger partial charge in [-0.1, -0.05) is 0 Å². The van der Waals surface area contributed by atoms with Gasteiger partial charge in [-0.25, -0.2) is 24.3 Å².